The number of rotatable bonds is 8. The fourth-order valence-electron chi connectivity index (χ4n) is 2.40. The zero-order chi connectivity index (χ0) is 17.2. The molecule has 0 aliphatic heterocycles. The van der Waals surface area contributed by atoms with Crippen molar-refractivity contribution in [3.05, 3.63) is 71.8 Å². The molecule has 0 radical (unpaired) electrons. The van der Waals surface area contributed by atoms with Gasteiger partial charge in [0.25, 0.3) is 0 Å². The van der Waals surface area contributed by atoms with Gasteiger partial charge in [-0.1, -0.05) is 60.7 Å². The third-order valence-corrected chi connectivity index (χ3v) is 3.70. The van der Waals surface area contributed by atoms with Gasteiger partial charge in [-0.25, -0.2) is 0 Å². The molecule has 3 heteroatoms. The summed E-state index contributed by atoms with van der Waals surface area (Å²) in [6.07, 6.45) is 6.80. The van der Waals surface area contributed by atoms with E-state index in [-0.39, 0.29) is 12.4 Å². The van der Waals surface area contributed by atoms with E-state index in [1.54, 1.807) is 24.3 Å². The number of ether oxygens (including phenoxy) is 1. The quantitative estimate of drug-likeness (QED) is 0.242. The van der Waals surface area contributed by atoms with Crippen molar-refractivity contribution >= 4 is 11.8 Å². The van der Waals surface area contributed by atoms with Gasteiger partial charge in [0.2, 0.25) is 0 Å². The number of carbonyl (C=O) groups excluding carboxylic acids is 2. The molecule has 24 heavy (non-hydrogen) atoms. The third-order valence-electron chi connectivity index (χ3n) is 3.70. The van der Waals surface area contributed by atoms with E-state index in [4.69, 9.17) is 11.2 Å². The van der Waals surface area contributed by atoms with Crippen LogP contribution < -0.4 is 0 Å². The maximum absolute atomic E-state index is 12.6. The van der Waals surface area contributed by atoms with Crippen LogP contribution in [0.25, 0.3) is 0 Å². The highest BCUT2D eigenvalue weighted by atomic mass is 16.5. The number of ketones is 1. The second-order valence-electron chi connectivity index (χ2n) is 5.47. The molecular formula is C21H20O3. The predicted molar refractivity (Wildman–Crippen MR) is 93.2 cm³/mol. The van der Waals surface area contributed by atoms with E-state index in [0.29, 0.717) is 24.8 Å². The normalized spacial score (nSPS) is 11.3. The van der Waals surface area contributed by atoms with Crippen LogP contribution in [0.3, 0.4) is 0 Å². The highest BCUT2D eigenvalue weighted by Gasteiger charge is 2.28. The van der Waals surface area contributed by atoms with Gasteiger partial charge >= 0.3 is 5.97 Å². The SMILES string of the molecule is C#CCCCC(C(=O)OCc1ccccc1)C(=O)c1ccccc1. The van der Waals surface area contributed by atoms with Crippen molar-refractivity contribution < 1.29 is 14.3 Å². The molecule has 0 saturated heterocycles. The summed E-state index contributed by atoms with van der Waals surface area (Å²) in [5.41, 5.74) is 1.40. The maximum atomic E-state index is 12.6. The molecule has 2 rings (SSSR count). The molecule has 1 atom stereocenters. The van der Waals surface area contributed by atoms with Gasteiger partial charge in [0.15, 0.2) is 5.78 Å². The van der Waals surface area contributed by atoms with E-state index in [0.717, 1.165) is 5.56 Å². The van der Waals surface area contributed by atoms with Crippen molar-refractivity contribution in [1.82, 2.24) is 0 Å². The highest BCUT2D eigenvalue weighted by molar-refractivity contribution is 6.08. The molecule has 3 nitrogen and oxygen atoms in total. The van der Waals surface area contributed by atoms with Crippen LogP contribution in [0.4, 0.5) is 0 Å². The lowest BCUT2D eigenvalue weighted by Crippen LogP contribution is -2.26. The summed E-state index contributed by atoms with van der Waals surface area (Å²) < 4.78 is 5.35. The largest absolute Gasteiger partial charge is 0.460 e. The van der Waals surface area contributed by atoms with Gasteiger partial charge in [-0.15, -0.1) is 12.3 Å². The minimum atomic E-state index is -0.815. The molecule has 0 heterocycles. The Balaban J connectivity index is 2.05. The van der Waals surface area contributed by atoms with Crippen LogP contribution in [0.2, 0.25) is 0 Å². The summed E-state index contributed by atoms with van der Waals surface area (Å²) in [6, 6.07) is 18.2. The molecular weight excluding hydrogens is 300 g/mol. The third kappa shape index (κ3) is 5.10. The average molecular weight is 320 g/mol. The molecule has 1 unspecified atom stereocenters. The lowest BCUT2D eigenvalue weighted by atomic mass is 9.92. The summed E-state index contributed by atoms with van der Waals surface area (Å²) in [7, 11) is 0. The van der Waals surface area contributed by atoms with Crippen LogP contribution >= 0.6 is 0 Å². The zero-order valence-electron chi connectivity index (χ0n) is 13.5. The van der Waals surface area contributed by atoms with Gasteiger partial charge in [-0.2, -0.15) is 0 Å². The number of terminal acetylenes is 1. The first-order chi connectivity index (χ1) is 11.7. The summed E-state index contributed by atoms with van der Waals surface area (Å²) in [4.78, 5) is 25.1. The van der Waals surface area contributed by atoms with Gasteiger partial charge in [-0.05, 0) is 18.4 Å². The standard InChI is InChI=1S/C21H20O3/c1-2-3-6-15-19(20(22)18-13-9-5-10-14-18)21(23)24-16-17-11-7-4-8-12-17/h1,4-5,7-14,19H,3,6,15-16H2. The Bertz CT molecular complexity index is 699. The Hall–Kier alpha value is -2.86. The Morgan fingerprint density at radius 3 is 2.25 bits per heavy atom. The molecule has 0 bridgehead atoms. The zero-order valence-corrected chi connectivity index (χ0v) is 13.5. The van der Waals surface area contributed by atoms with Crippen LogP contribution in [0, 0.1) is 18.3 Å². The molecule has 0 spiro atoms. The van der Waals surface area contributed by atoms with E-state index in [1.807, 2.05) is 36.4 Å². The van der Waals surface area contributed by atoms with Crippen molar-refractivity contribution in [3.8, 4) is 12.3 Å². The van der Waals surface area contributed by atoms with E-state index in [1.165, 1.54) is 0 Å². The lowest BCUT2D eigenvalue weighted by Gasteiger charge is -2.15. The summed E-state index contributed by atoms with van der Waals surface area (Å²) >= 11 is 0. The topological polar surface area (TPSA) is 43.4 Å². The van der Waals surface area contributed by atoms with Crippen LogP contribution in [-0.2, 0) is 16.1 Å². The van der Waals surface area contributed by atoms with E-state index in [9.17, 15) is 9.59 Å². The van der Waals surface area contributed by atoms with Crippen LogP contribution in [0.5, 0.6) is 0 Å². The molecule has 0 aromatic heterocycles. The summed E-state index contributed by atoms with van der Waals surface area (Å²) in [5.74, 6) is 1.01. The fraction of sp³-hybridized carbons (Fsp3) is 0.238. The number of Topliss-reactive ketones (excluding diaryl/α,β-unsaturated/α-hetero) is 1. The number of unbranched alkanes of at least 4 members (excludes halogenated alkanes) is 1. The second kappa shape index (κ2) is 9.32. The number of hydrogen-bond acceptors (Lipinski definition) is 3. The van der Waals surface area contributed by atoms with E-state index in [2.05, 4.69) is 5.92 Å². The number of carbonyl (C=O) groups is 2. The molecule has 2 aromatic rings. The van der Waals surface area contributed by atoms with Crippen LogP contribution in [0.15, 0.2) is 60.7 Å². The van der Waals surface area contributed by atoms with Crippen LogP contribution in [0.1, 0.15) is 35.2 Å². The lowest BCUT2D eigenvalue weighted by molar-refractivity contribution is -0.148. The molecule has 2 aromatic carbocycles. The van der Waals surface area contributed by atoms with Crippen LogP contribution in [-0.4, -0.2) is 11.8 Å². The van der Waals surface area contributed by atoms with E-state index < -0.39 is 11.9 Å². The summed E-state index contributed by atoms with van der Waals surface area (Å²) in [6.45, 7) is 0.160. The van der Waals surface area contributed by atoms with Crippen molar-refractivity contribution in [2.45, 2.75) is 25.9 Å². The Labute approximate surface area is 142 Å². The minimum absolute atomic E-state index is 0.160. The van der Waals surface area contributed by atoms with Crippen molar-refractivity contribution in [3.63, 3.8) is 0 Å². The van der Waals surface area contributed by atoms with Crippen molar-refractivity contribution in [2.24, 2.45) is 5.92 Å². The molecule has 0 fully saturated rings. The Kier molecular flexibility index (Phi) is 6.79. The van der Waals surface area contributed by atoms with Crippen molar-refractivity contribution in [1.29, 1.82) is 0 Å². The maximum Gasteiger partial charge on any atom is 0.317 e. The first kappa shape index (κ1) is 17.5. The van der Waals surface area contributed by atoms with Crippen molar-refractivity contribution in [2.75, 3.05) is 0 Å². The second-order valence-corrected chi connectivity index (χ2v) is 5.47. The molecule has 122 valence electrons. The predicted octanol–water partition coefficient (Wildman–Crippen LogP) is 4.03. The molecule has 0 aliphatic carbocycles. The molecule has 0 saturated carbocycles. The first-order valence-corrected chi connectivity index (χ1v) is 7.95. The number of benzene rings is 2. The van der Waals surface area contributed by atoms with E-state index >= 15 is 0 Å². The minimum Gasteiger partial charge on any atom is -0.460 e. The fourth-order valence-corrected chi connectivity index (χ4v) is 2.40. The first-order valence-electron chi connectivity index (χ1n) is 7.95. The van der Waals surface area contributed by atoms with Gasteiger partial charge < -0.3 is 4.74 Å². The monoisotopic (exact) mass is 320 g/mol. The van der Waals surface area contributed by atoms with Gasteiger partial charge in [0.1, 0.15) is 12.5 Å². The average Bonchev–Trinajstić information content (AvgIpc) is 2.64. The Morgan fingerprint density at radius 2 is 1.62 bits per heavy atom. The van der Waals surface area contributed by atoms with Gasteiger partial charge in [0, 0.05) is 12.0 Å². The molecule has 0 aliphatic rings. The van der Waals surface area contributed by atoms with Gasteiger partial charge in [-0.3, -0.25) is 9.59 Å². The molecule has 0 amide bonds. The summed E-state index contributed by atoms with van der Waals surface area (Å²) in [5, 5.41) is 0. The number of hydrogen-bond donors (Lipinski definition) is 0. The van der Waals surface area contributed by atoms with Gasteiger partial charge in [0.05, 0.1) is 0 Å². The highest BCUT2D eigenvalue weighted by Crippen LogP contribution is 2.18. The smallest absolute Gasteiger partial charge is 0.317 e. The number of esters is 1. The Morgan fingerprint density at radius 1 is 1.00 bits per heavy atom. The molecule has 0 N–H and O–H groups in total.